The van der Waals surface area contributed by atoms with Gasteiger partial charge in [-0.3, -0.25) is 4.79 Å². The maximum Gasteiger partial charge on any atom is 0.167 e. The zero-order valence-corrected chi connectivity index (χ0v) is 11.4. The SMILES string of the molecule is CCOC(CC(=O)c1ccc(CC)cc1)OCC. The highest BCUT2D eigenvalue weighted by Gasteiger charge is 2.15. The molecule has 1 aromatic rings. The van der Waals surface area contributed by atoms with Gasteiger partial charge in [0.2, 0.25) is 0 Å². The van der Waals surface area contributed by atoms with Gasteiger partial charge in [-0.15, -0.1) is 0 Å². The number of Topliss-reactive ketones (excluding diaryl/α,β-unsaturated/α-hetero) is 1. The van der Waals surface area contributed by atoms with Crippen molar-refractivity contribution in [2.24, 2.45) is 0 Å². The summed E-state index contributed by atoms with van der Waals surface area (Å²) in [6.07, 6.45) is 0.820. The van der Waals surface area contributed by atoms with Crippen LogP contribution >= 0.6 is 0 Å². The lowest BCUT2D eigenvalue weighted by Gasteiger charge is -2.16. The van der Waals surface area contributed by atoms with Crippen LogP contribution in [0.4, 0.5) is 0 Å². The van der Waals surface area contributed by atoms with Crippen LogP contribution in [-0.4, -0.2) is 25.3 Å². The van der Waals surface area contributed by atoms with Crippen LogP contribution in [0.1, 0.15) is 43.1 Å². The molecule has 0 amide bonds. The molecule has 0 saturated heterocycles. The van der Waals surface area contributed by atoms with Gasteiger partial charge in [0.25, 0.3) is 0 Å². The average molecular weight is 250 g/mol. The van der Waals surface area contributed by atoms with Gasteiger partial charge < -0.3 is 9.47 Å². The minimum absolute atomic E-state index is 0.0598. The van der Waals surface area contributed by atoms with Crippen LogP contribution in [0.3, 0.4) is 0 Å². The quantitative estimate of drug-likeness (QED) is 0.525. The van der Waals surface area contributed by atoms with Crippen LogP contribution in [-0.2, 0) is 15.9 Å². The normalized spacial score (nSPS) is 10.9. The topological polar surface area (TPSA) is 35.5 Å². The van der Waals surface area contributed by atoms with Gasteiger partial charge in [-0.25, -0.2) is 0 Å². The molecule has 0 N–H and O–H groups in total. The Bertz CT molecular complexity index is 351. The van der Waals surface area contributed by atoms with E-state index >= 15 is 0 Å². The smallest absolute Gasteiger partial charge is 0.167 e. The van der Waals surface area contributed by atoms with E-state index < -0.39 is 6.29 Å². The Kier molecular flexibility index (Phi) is 6.61. The molecule has 3 heteroatoms. The van der Waals surface area contributed by atoms with E-state index in [1.54, 1.807) is 0 Å². The van der Waals surface area contributed by atoms with Crippen molar-refractivity contribution >= 4 is 5.78 Å². The first-order valence-corrected chi connectivity index (χ1v) is 6.56. The van der Waals surface area contributed by atoms with Crippen molar-refractivity contribution in [2.75, 3.05) is 13.2 Å². The first kappa shape index (κ1) is 14.9. The zero-order chi connectivity index (χ0) is 13.4. The number of ether oxygens (including phenoxy) is 2. The van der Waals surface area contributed by atoms with Crippen molar-refractivity contribution < 1.29 is 14.3 Å². The summed E-state index contributed by atoms with van der Waals surface area (Å²) in [7, 11) is 0. The molecule has 0 bridgehead atoms. The number of benzene rings is 1. The number of ketones is 1. The van der Waals surface area contributed by atoms with Gasteiger partial charge in [0.1, 0.15) is 0 Å². The number of hydrogen-bond acceptors (Lipinski definition) is 3. The Morgan fingerprint density at radius 1 is 1.06 bits per heavy atom. The van der Waals surface area contributed by atoms with Crippen LogP contribution < -0.4 is 0 Å². The van der Waals surface area contributed by atoms with E-state index in [1.807, 2.05) is 38.1 Å². The average Bonchev–Trinajstić information content (AvgIpc) is 2.39. The lowest BCUT2D eigenvalue weighted by molar-refractivity contribution is -0.133. The Morgan fingerprint density at radius 3 is 2.06 bits per heavy atom. The lowest BCUT2D eigenvalue weighted by Crippen LogP contribution is -2.21. The molecule has 0 aromatic heterocycles. The van der Waals surface area contributed by atoms with Crippen LogP contribution in [0.15, 0.2) is 24.3 Å². The molecule has 3 nitrogen and oxygen atoms in total. The second kappa shape index (κ2) is 8.01. The summed E-state index contributed by atoms with van der Waals surface area (Å²) in [5, 5.41) is 0. The van der Waals surface area contributed by atoms with Crippen LogP contribution in [0.5, 0.6) is 0 Å². The maximum atomic E-state index is 12.0. The van der Waals surface area contributed by atoms with Gasteiger partial charge in [-0.2, -0.15) is 0 Å². The second-order valence-corrected chi connectivity index (χ2v) is 4.02. The number of hydrogen-bond donors (Lipinski definition) is 0. The van der Waals surface area contributed by atoms with Gasteiger partial charge >= 0.3 is 0 Å². The Labute approximate surface area is 109 Å². The zero-order valence-electron chi connectivity index (χ0n) is 11.4. The van der Waals surface area contributed by atoms with Gasteiger partial charge in [0.15, 0.2) is 12.1 Å². The van der Waals surface area contributed by atoms with E-state index in [-0.39, 0.29) is 12.2 Å². The van der Waals surface area contributed by atoms with Crippen molar-refractivity contribution in [1.29, 1.82) is 0 Å². The van der Waals surface area contributed by atoms with Crippen molar-refractivity contribution in [3.8, 4) is 0 Å². The number of carbonyl (C=O) groups is 1. The minimum atomic E-state index is -0.432. The van der Waals surface area contributed by atoms with Gasteiger partial charge in [0, 0.05) is 18.8 Å². The number of carbonyl (C=O) groups excluding carboxylic acids is 1. The summed E-state index contributed by atoms with van der Waals surface area (Å²) in [5.41, 5.74) is 1.95. The summed E-state index contributed by atoms with van der Waals surface area (Å²) in [4.78, 5) is 12.0. The van der Waals surface area contributed by atoms with E-state index in [0.717, 1.165) is 12.0 Å². The molecule has 0 fully saturated rings. The number of rotatable bonds is 8. The highest BCUT2D eigenvalue weighted by molar-refractivity contribution is 5.96. The fraction of sp³-hybridized carbons (Fsp3) is 0.533. The molecule has 1 aromatic carbocycles. The van der Waals surface area contributed by atoms with Crippen LogP contribution in [0, 0.1) is 0 Å². The van der Waals surface area contributed by atoms with Crippen molar-refractivity contribution in [3.63, 3.8) is 0 Å². The molecule has 0 spiro atoms. The summed E-state index contributed by atoms with van der Waals surface area (Å²) >= 11 is 0. The molecular weight excluding hydrogens is 228 g/mol. The van der Waals surface area contributed by atoms with E-state index in [0.29, 0.717) is 13.2 Å². The third-order valence-corrected chi connectivity index (χ3v) is 2.74. The molecule has 0 aliphatic carbocycles. The van der Waals surface area contributed by atoms with Crippen LogP contribution in [0.25, 0.3) is 0 Å². The molecule has 0 heterocycles. The molecule has 0 radical (unpaired) electrons. The Morgan fingerprint density at radius 2 is 1.61 bits per heavy atom. The predicted molar refractivity (Wildman–Crippen MR) is 71.8 cm³/mol. The van der Waals surface area contributed by atoms with Crippen molar-refractivity contribution in [3.05, 3.63) is 35.4 Å². The van der Waals surface area contributed by atoms with Crippen molar-refractivity contribution in [2.45, 2.75) is 39.9 Å². The van der Waals surface area contributed by atoms with E-state index in [2.05, 4.69) is 6.92 Å². The third kappa shape index (κ3) is 4.59. The molecule has 0 unspecified atom stereocenters. The summed E-state index contributed by atoms with van der Waals surface area (Å²) in [6, 6.07) is 7.72. The fourth-order valence-corrected chi connectivity index (χ4v) is 1.73. The minimum Gasteiger partial charge on any atom is -0.352 e. The highest BCUT2D eigenvalue weighted by atomic mass is 16.7. The summed E-state index contributed by atoms with van der Waals surface area (Å²) in [6.45, 7) is 6.98. The highest BCUT2D eigenvalue weighted by Crippen LogP contribution is 2.11. The number of aryl methyl sites for hydroxylation is 1. The molecular formula is C15H22O3. The first-order valence-electron chi connectivity index (χ1n) is 6.56. The Hall–Kier alpha value is -1.19. The second-order valence-electron chi connectivity index (χ2n) is 4.02. The predicted octanol–water partition coefficient (Wildman–Crippen LogP) is 3.22. The first-order chi connectivity index (χ1) is 8.71. The lowest BCUT2D eigenvalue weighted by atomic mass is 10.0. The monoisotopic (exact) mass is 250 g/mol. The molecule has 18 heavy (non-hydrogen) atoms. The van der Waals surface area contributed by atoms with E-state index in [4.69, 9.17) is 9.47 Å². The largest absolute Gasteiger partial charge is 0.352 e. The van der Waals surface area contributed by atoms with Gasteiger partial charge in [0.05, 0.1) is 6.42 Å². The third-order valence-electron chi connectivity index (χ3n) is 2.74. The molecule has 0 aliphatic heterocycles. The van der Waals surface area contributed by atoms with Gasteiger partial charge in [-0.05, 0) is 25.8 Å². The fourth-order valence-electron chi connectivity index (χ4n) is 1.73. The van der Waals surface area contributed by atoms with Gasteiger partial charge in [-0.1, -0.05) is 31.2 Å². The standard InChI is InChI=1S/C15H22O3/c1-4-12-7-9-13(10-8-12)14(16)11-15(17-5-2)18-6-3/h7-10,15H,4-6,11H2,1-3H3. The molecule has 0 saturated carbocycles. The van der Waals surface area contributed by atoms with Crippen molar-refractivity contribution in [1.82, 2.24) is 0 Å². The maximum absolute atomic E-state index is 12.0. The van der Waals surface area contributed by atoms with E-state index in [1.165, 1.54) is 5.56 Å². The van der Waals surface area contributed by atoms with E-state index in [9.17, 15) is 4.79 Å². The van der Waals surface area contributed by atoms with Crippen LogP contribution in [0.2, 0.25) is 0 Å². The Balaban J connectivity index is 2.61. The molecule has 0 aliphatic rings. The summed E-state index contributed by atoms with van der Waals surface area (Å²) in [5.74, 6) is 0.0598. The molecule has 1 rings (SSSR count). The molecule has 100 valence electrons. The summed E-state index contributed by atoms with van der Waals surface area (Å²) < 4.78 is 10.8. The molecule has 0 atom stereocenters.